The maximum Gasteiger partial charge on any atom is 0.112 e. The average Bonchev–Trinajstić information content (AvgIpc) is 2.82. The third-order valence-electron chi connectivity index (χ3n) is 4.01. The van der Waals surface area contributed by atoms with E-state index in [2.05, 4.69) is 50.4 Å². The highest BCUT2D eigenvalue weighted by Crippen LogP contribution is 2.30. The van der Waals surface area contributed by atoms with E-state index in [1.165, 1.54) is 44.3 Å². The lowest BCUT2D eigenvalue weighted by Crippen LogP contribution is -2.15. The van der Waals surface area contributed by atoms with Crippen LogP contribution in [0.3, 0.4) is 0 Å². The molecule has 1 unspecified atom stereocenters. The van der Waals surface area contributed by atoms with Gasteiger partial charge in [0.2, 0.25) is 0 Å². The predicted octanol–water partition coefficient (Wildman–Crippen LogP) is 5.56. The molecule has 19 heavy (non-hydrogen) atoms. The second kappa shape index (κ2) is 8.39. The Morgan fingerprint density at radius 2 is 1.74 bits per heavy atom. The first-order chi connectivity index (χ1) is 9.07. The van der Waals surface area contributed by atoms with E-state index in [-0.39, 0.29) is 0 Å². The summed E-state index contributed by atoms with van der Waals surface area (Å²) in [7, 11) is 0. The number of hydrogen-bond acceptors (Lipinski definition) is 1. The van der Waals surface area contributed by atoms with Crippen molar-refractivity contribution in [2.45, 2.75) is 85.1 Å². The zero-order valence-electron chi connectivity index (χ0n) is 13.5. The summed E-state index contributed by atoms with van der Waals surface area (Å²) in [6.45, 7) is 11.4. The monoisotopic (exact) mass is 264 g/mol. The second-order valence-electron chi connectivity index (χ2n) is 6.34. The first-order valence-electron chi connectivity index (χ1n) is 8.10. The first-order valence-corrected chi connectivity index (χ1v) is 8.10. The number of unbranched alkanes of at least 4 members (excludes halogenated alkanes) is 4. The minimum Gasteiger partial charge on any atom is -0.332 e. The van der Waals surface area contributed by atoms with Gasteiger partial charge in [0.05, 0.1) is 0 Å². The summed E-state index contributed by atoms with van der Waals surface area (Å²) in [5.41, 5.74) is 0. The summed E-state index contributed by atoms with van der Waals surface area (Å²) in [6, 6.07) is 0.513. The number of rotatable bonds is 9. The molecule has 0 aromatic carbocycles. The Bertz CT molecular complexity index is 339. The molecule has 2 nitrogen and oxygen atoms in total. The number of imidazole rings is 1. The molecule has 0 fully saturated rings. The molecule has 0 aliphatic carbocycles. The molecule has 0 radical (unpaired) electrons. The molecule has 0 N–H and O–H groups in total. The largest absolute Gasteiger partial charge is 0.332 e. The van der Waals surface area contributed by atoms with Crippen LogP contribution in [-0.2, 0) is 0 Å². The van der Waals surface area contributed by atoms with E-state index in [0.717, 1.165) is 0 Å². The molecule has 0 bridgehead atoms. The smallest absolute Gasteiger partial charge is 0.112 e. The zero-order valence-corrected chi connectivity index (χ0v) is 13.5. The van der Waals surface area contributed by atoms with Gasteiger partial charge in [-0.3, -0.25) is 0 Å². The molecule has 0 saturated carbocycles. The average molecular weight is 264 g/mol. The van der Waals surface area contributed by atoms with Gasteiger partial charge in [-0.1, -0.05) is 52.9 Å². The van der Waals surface area contributed by atoms with Crippen molar-refractivity contribution >= 4 is 0 Å². The van der Waals surface area contributed by atoms with Crippen LogP contribution in [-0.4, -0.2) is 9.55 Å². The lowest BCUT2D eigenvalue weighted by atomic mass is 9.89. The quantitative estimate of drug-likeness (QED) is 0.534. The Hall–Kier alpha value is -0.790. The molecule has 1 aromatic heterocycles. The lowest BCUT2D eigenvalue weighted by Gasteiger charge is -2.23. The molecule has 1 heterocycles. The predicted molar refractivity (Wildman–Crippen MR) is 83.6 cm³/mol. The van der Waals surface area contributed by atoms with Crippen molar-refractivity contribution in [2.24, 2.45) is 5.92 Å². The van der Waals surface area contributed by atoms with Gasteiger partial charge < -0.3 is 4.57 Å². The summed E-state index contributed by atoms with van der Waals surface area (Å²) >= 11 is 0. The minimum atomic E-state index is 0.513. The molecule has 110 valence electrons. The Labute approximate surface area is 119 Å². The van der Waals surface area contributed by atoms with Crippen LogP contribution in [0.5, 0.6) is 0 Å². The van der Waals surface area contributed by atoms with Gasteiger partial charge in [-0.2, -0.15) is 0 Å². The Morgan fingerprint density at radius 3 is 2.32 bits per heavy atom. The fourth-order valence-corrected chi connectivity index (χ4v) is 2.78. The van der Waals surface area contributed by atoms with Crippen LogP contribution in [0.2, 0.25) is 0 Å². The molecular weight excluding hydrogens is 232 g/mol. The normalized spacial score (nSPS) is 13.4. The number of nitrogens with zero attached hydrogens (tertiary/aromatic N) is 2. The van der Waals surface area contributed by atoms with Crippen molar-refractivity contribution in [1.82, 2.24) is 9.55 Å². The van der Waals surface area contributed by atoms with Gasteiger partial charge in [0.25, 0.3) is 0 Å². The van der Waals surface area contributed by atoms with Crippen LogP contribution in [0.15, 0.2) is 12.4 Å². The summed E-state index contributed by atoms with van der Waals surface area (Å²) in [6.07, 6.45) is 12.2. The molecule has 0 aliphatic heterocycles. The number of aromatic nitrogens is 2. The van der Waals surface area contributed by atoms with Crippen LogP contribution < -0.4 is 0 Å². The van der Waals surface area contributed by atoms with Gasteiger partial charge >= 0.3 is 0 Å². The molecular formula is C17H32N2. The summed E-state index contributed by atoms with van der Waals surface area (Å²) < 4.78 is 2.34. The van der Waals surface area contributed by atoms with Crippen molar-refractivity contribution in [3.8, 4) is 0 Å². The van der Waals surface area contributed by atoms with Gasteiger partial charge in [0.1, 0.15) is 5.82 Å². The Kier molecular flexibility index (Phi) is 7.19. The van der Waals surface area contributed by atoms with E-state index >= 15 is 0 Å². The van der Waals surface area contributed by atoms with Crippen LogP contribution in [0, 0.1) is 5.92 Å². The fourth-order valence-electron chi connectivity index (χ4n) is 2.78. The zero-order chi connectivity index (χ0) is 14.3. The second-order valence-corrected chi connectivity index (χ2v) is 6.34. The molecule has 1 rings (SSSR count). The van der Waals surface area contributed by atoms with Crippen molar-refractivity contribution in [2.75, 3.05) is 0 Å². The SMILES string of the molecule is CCCCCCCC(c1nccn1C(C)C)C(C)C. The van der Waals surface area contributed by atoms with E-state index < -0.39 is 0 Å². The molecule has 0 amide bonds. The molecule has 0 saturated heterocycles. The molecule has 1 atom stereocenters. The third kappa shape index (κ3) is 5.00. The van der Waals surface area contributed by atoms with E-state index in [9.17, 15) is 0 Å². The van der Waals surface area contributed by atoms with Crippen molar-refractivity contribution < 1.29 is 0 Å². The van der Waals surface area contributed by atoms with Crippen LogP contribution in [0.25, 0.3) is 0 Å². The van der Waals surface area contributed by atoms with Gasteiger partial charge in [-0.25, -0.2) is 4.98 Å². The summed E-state index contributed by atoms with van der Waals surface area (Å²) in [4.78, 5) is 4.64. The number of hydrogen-bond donors (Lipinski definition) is 0. The van der Waals surface area contributed by atoms with E-state index in [4.69, 9.17) is 0 Å². The van der Waals surface area contributed by atoms with E-state index in [0.29, 0.717) is 17.9 Å². The van der Waals surface area contributed by atoms with Crippen molar-refractivity contribution in [3.63, 3.8) is 0 Å². The molecule has 1 aromatic rings. The highest BCUT2D eigenvalue weighted by molar-refractivity contribution is 5.03. The van der Waals surface area contributed by atoms with Gasteiger partial charge in [-0.15, -0.1) is 0 Å². The molecule has 0 aliphatic rings. The standard InChI is InChI=1S/C17H32N2/c1-6-7-8-9-10-11-16(14(2)3)17-18-12-13-19(17)15(4)5/h12-16H,6-11H2,1-5H3. The molecule has 0 spiro atoms. The minimum absolute atomic E-state index is 0.513. The fraction of sp³-hybridized carbons (Fsp3) is 0.824. The highest BCUT2D eigenvalue weighted by Gasteiger charge is 2.21. The summed E-state index contributed by atoms with van der Waals surface area (Å²) in [5, 5.41) is 0. The van der Waals surface area contributed by atoms with Crippen LogP contribution >= 0.6 is 0 Å². The highest BCUT2D eigenvalue weighted by atomic mass is 15.1. The van der Waals surface area contributed by atoms with Crippen LogP contribution in [0.4, 0.5) is 0 Å². The Morgan fingerprint density at radius 1 is 1.05 bits per heavy atom. The van der Waals surface area contributed by atoms with E-state index in [1.807, 2.05) is 6.20 Å². The Balaban J connectivity index is 2.59. The maximum absolute atomic E-state index is 4.64. The lowest BCUT2D eigenvalue weighted by molar-refractivity contribution is 0.401. The summed E-state index contributed by atoms with van der Waals surface area (Å²) in [5.74, 6) is 2.57. The van der Waals surface area contributed by atoms with Gasteiger partial charge in [0.15, 0.2) is 0 Å². The van der Waals surface area contributed by atoms with Crippen molar-refractivity contribution in [1.29, 1.82) is 0 Å². The molecule has 2 heteroatoms. The van der Waals surface area contributed by atoms with Crippen molar-refractivity contribution in [3.05, 3.63) is 18.2 Å². The van der Waals surface area contributed by atoms with Gasteiger partial charge in [0, 0.05) is 24.4 Å². The third-order valence-corrected chi connectivity index (χ3v) is 4.01. The topological polar surface area (TPSA) is 17.8 Å². The van der Waals surface area contributed by atoms with E-state index in [1.54, 1.807) is 0 Å². The van der Waals surface area contributed by atoms with Crippen LogP contribution in [0.1, 0.15) is 90.9 Å². The van der Waals surface area contributed by atoms with Gasteiger partial charge in [-0.05, 0) is 26.2 Å². The first kappa shape index (κ1) is 16.3. The maximum atomic E-state index is 4.64.